The van der Waals surface area contributed by atoms with Gasteiger partial charge in [-0.25, -0.2) is 21.9 Å². The van der Waals surface area contributed by atoms with Crippen LogP contribution in [0, 0.1) is 11.6 Å². The Morgan fingerprint density at radius 2 is 1.85 bits per heavy atom. The number of carbonyl (C=O) groups excluding carboxylic acids is 1. The van der Waals surface area contributed by atoms with Crippen LogP contribution in [0.1, 0.15) is 34.7 Å². The lowest BCUT2D eigenvalue weighted by Crippen LogP contribution is -2.39. The Kier molecular flexibility index (Phi) is 7.87. The van der Waals surface area contributed by atoms with Crippen molar-refractivity contribution in [2.45, 2.75) is 23.7 Å². The number of halogens is 2. The lowest BCUT2D eigenvalue weighted by atomic mass is 9.89. The Morgan fingerprint density at radius 3 is 2.52 bits per heavy atom. The van der Waals surface area contributed by atoms with Gasteiger partial charge in [0.1, 0.15) is 34.1 Å². The molecule has 0 spiro atoms. The molecule has 2 heterocycles. The highest BCUT2D eigenvalue weighted by atomic mass is 32.2. The summed E-state index contributed by atoms with van der Waals surface area (Å²) in [4.78, 5) is 12.7. The third-order valence-electron chi connectivity index (χ3n) is 6.95. The summed E-state index contributed by atoms with van der Waals surface area (Å²) in [5.41, 5.74) is 2.17. The van der Waals surface area contributed by atoms with E-state index in [0.29, 0.717) is 40.6 Å². The number of hydrogen-bond donors (Lipinski definition) is 2. The second-order valence-corrected chi connectivity index (χ2v) is 12.5. The molecule has 4 aromatic rings. The number of hydrogen-bond acceptors (Lipinski definition) is 6. The second kappa shape index (κ2) is 11.2. The van der Waals surface area contributed by atoms with Crippen LogP contribution in [-0.2, 0) is 21.4 Å². The van der Waals surface area contributed by atoms with Crippen molar-refractivity contribution in [2.24, 2.45) is 0 Å². The highest BCUT2D eigenvalue weighted by molar-refractivity contribution is 7.92. The highest BCUT2D eigenvalue weighted by Gasteiger charge is 2.34. The van der Waals surface area contributed by atoms with Crippen LogP contribution in [0.25, 0.3) is 22.3 Å². The summed E-state index contributed by atoms with van der Waals surface area (Å²) in [6, 6.07) is 14.2. The van der Waals surface area contributed by atoms with Gasteiger partial charge in [-0.05, 0) is 66.8 Å². The minimum Gasteiger partial charge on any atom is -0.593 e. The van der Waals surface area contributed by atoms with Gasteiger partial charge in [0, 0.05) is 37.2 Å². The molecule has 1 unspecified atom stereocenters. The molecule has 2 N–H and O–H groups in total. The molecule has 1 saturated heterocycles. The average Bonchev–Trinajstić information content (AvgIpc) is 3.30. The molecule has 1 fully saturated rings. The predicted molar refractivity (Wildman–Crippen MR) is 150 cm³/mol. The van der Waals surface area contributed by atoms with Gasteiger partial charge in [0.15, 0.2) is 0 Å². The van der Waals surface area contributed by atoms with E-state index in [9.17, 15) is 26.5 Å². The number of fused-ring (bicyclic) bond motifs is 1. The molecule has 0 bridgehead atoms. The van der Waals surface area contributed by atoms with E-state index < -0.39 is 38.9 Å². The standard InChI is InChI=1S/C28H27F2N3O5S2/c1-31-28(34)26-21-14-20(18-6-5-13-33(16-18)40(36,37)25-8-4-3-7-22(25)30)23(32-39(2)35)15-24(21)38-27(26)17-9-11-19(29)12-10-17/h3-4,7-12,14-15,18,32H,5-6,13,16H2,1-2H3,(H,31,34)/t18-,39?/m0/s1. The van der Waals surface area contributed by atoms with Crippen molar-refractivity contribution >= 4 is 43.9 Å². The number of anilines is 1. The zero-order valence-corrected chi connectivity index (χ0v) is 23.4. The first kappa shape index (κ1) is 28.1. The number of benzene rings is 3. The van der Waals surface area contributed by atoms with Gasteiger partial charge in [-0.3, -0.25) is 4.79 Å². The maximum Gasteiger partial charge on any atom is 0.255 e. The Hall–Kier alpha value is -3.45. The van der Waals surface area contributed by atoms with Gasteiger partial charge >= 0.3 is 0 Å². The van der Waals surface area contributed by atoms with Gasteiger partial charge in [-0.2, -0.15) is 4.31 Å². The maximum atomic E-state index is 14.4. The predicted octanol–water partition coefficient (Wildman–Crippen LogP) is 5.01. The molecule has 3 aromatic carbocycles. The quantitative estimate of drug-likeness (QED) is 0.294. The zero-order chi connectivity index (χ0) is 28.6. The number of furan rings is 1. The van der Waals surface area contributed by atoms with Crippen molar-refractivity contribution in [2.75, 3.05) is 31.1 Å². The first-order valence-corrected chi connectivity index (χ1v) is 15.5. The number of piperidine rings is 1. The summed E-state index contributed by atoms with van der Waals surface area (Å²) >= 11 is -1.47. The van der Waals surface area contributed by atoms with Gasteiger partial charge in [-0.15, -0.1) is 0 Å². The van der Waals surface area contributed by atoms with Crippen LogP contribution < -0.4 is 10.0 Å². The van der Waals surface area contributed by atoms with Gasteiger partial charge in [0.05, 0.1) is 22.6 Å². The van der Waals surface area contributed by atoms with Crippen LogP contribution in [0.3, 0.4) is 0 Å². The third-order valence-corrected chi connectivity index (χ3v) is 9.36. The van der Waals surface area contributed by atoms with Crippen molar-refractivity contribution in [1.29, 1.82) is 0 Å². The van der Waals surface area contributed by atoms with Crippen LogP contribution >= 0.6 is 0 Å². The van der Waals surface area contributed by atoms with Crippen LogP contribution in [-0.4, -0.2) is 49.6 Å². The highest BCUT2D eigenvalue weighted by Crippen LogP contribution is 2.41. The second-order valence-electron chi connectivity index (χ2n) is 9.52. The minimum absolute atomic E-state index is 0.0607. The lowest BCUT2D eigenvalue weighted by Gasteiger charge is -2.33. The van der Waals surface area contributed by atoms with Gasteiger partial charge in [-0.1, -0.05) is 12.1 Å². The lowest BCUT2D eigenvalue weighted by molar-refractivity contribution is 0.0964. The molecule has 8 nitrogen and oxygen atoms in total. The Bertz CT molecular complexity index is 1670. The SMILES string of the molecule is CNC(=O)c1c(-c2ccc(F)cc2)oc2cc(N[S+](C)[O-])c([C@H]3CCCN(S(=O)(=O)c4ccccc4F)C3)cc12. The first-order valence-electron chi connectivity index (χ1n) is 12.5. The largest absolute Gasteiger partial charge is 0.593 e. The summed E-state index contributed by atoms with van der Waals surface area (Å²) in [7, 11) is -2.62. The number of nitrogens with zero attached hydrogens (tertiary/aromatic N) is 1. The molecule has 210 valence electrons. The summed E-state index contributed by atoms with van der Waals surface area (Å²) in [5.74, 6) is -1.80. The molecule has 1 aliphatic heterocycles. The van der Waals surface area contributed by atoms with Gasteiger partial charge in [0.2, 0.25) is 10.0 Å². The van der Waals surface area contributed by atoms with Crippen LogP contribution in [0.15, 0.2) is 70.0 Å². The smallest absolute Gasteiger partial charge is 0.255 e. The molecule has 1 aliphatic rings. The zero-order valence-electron chi connectivity index (χ0n) is 21.7. The van der Waals surface area contributed by atoms with Gasteiger partial charge in [0.25, 0.3) is 5.91 Å². The molecule has 0 saturated carbocycles. The Labute approximate surface area is 233 Å². The summed E-state index contributed by atoms with van der Waals surface area (Å²) in [5, 5.41) is 3.08. The average molecular weight is 588 g/mol. The van der Waals surface area contributed by atoms with Crippen LogP contribution in [0.5, 0.6) is 0 Å². The van der Waals surface area contributed by atoms with Crippen molar-refractivity contribution in [1.82, 2.24) is 9.62 Å². The van der Waals surface area contributed by atoms with Crippen molar-refractivity contribution in [3.05, 3.63) is 83.4 Å². The third kappa shape index (κ3) is 5.31. The van der Waals surface area contributed by atoms with E-state index in [2.05, 4.69) is 10.0 Å². The number of amides is 1. The number of carbonyl (C=O) groups is 1. The molecule has 2 atom stereocenters. The van der Waals surface area contributed by atoms with E-state index in [-0.39, 0.29) is 35.2 Å². The number of rotatable bonds is 7. The Morgan fingerprint density at radius 1 is 1.12 bits per heavy atom. The first-order chi connectivity index (χ1) is 19.1. The molecule has 1 amide bonds. The molecule has 0 aliphatic carbocycles. The van der Waals surface area contributed by atoms with Crippen LogP contribution in [0.4, 0.5) is 14.5 Å². The van der Waals surface area contributed by atoms with E-state index in [1.807, 2.05) is 0 Å². The monoisotopic (exact) mass is 587 g/mol. The van der Waals surface area contributed by atoms with Crippen molar-refractivity contribution in [3.8, 4) is 11.3 Å². The minimum atomic E-state index is -4.11. The molecule has 40 heavy (non-hydrogen) atoms. The fourth-order valence-electron chi connectivity index (χ4n) is 5.10. The van der Waals surface area contributed by atoms with E-state index in [0.717, 1.165) is 6.07 Å². The fraction of sp³-hybridized carbons (Fsp3) is 0.250. The van der Waals surface area contributed by atoms with Crippen molar-refractivity contribution < 1.29 is 31.0 Å². The topological polar surface area (TPSA) is 115 Å². The summed E-state index contributed by atoms with van der Waals surface area (Å²) < 4.78 is 77.2. The molecule has 5 rings (SSSR count). The van der Waals surface area contributed by atoms with E-state index in [4.69, 9.17) is 4.42 Å². The Balaban J connectivity index is 1.63. The van der Waals surface area contributed by atoms with E-state index in [1.165, 1.54) is 60.1 Å². The fourth-order valence-corrected chi connectivity index (χ4v) is 7.18. The van der Waals surface area contributed by atoms with Gasteiger partial charge < -0.3 is 14.3 Å². The molecule has 0 radical (unpaired) electrons. The maximum absolute atomic E-state index is 14.4. The molecular formula is C28H27F2N3O5S2. The summed E-state index contributed by atoms with van der Waals surface area (Å²) in [6.07, 6.45) is 2.59. The van der Waals surface area contributed by atoms with E-state index >= 15 is 0 Å². The summed E-state index contributed by atoms with van der Waals surface area (Å²) in [6.45, 7) is 0.285. The van der Waals surface area contributed by atoms with Crippen LogP contribution in [0.2, 0.25) is 0 Å². The van der Waals surface area contributed by atoms with Crippen molar-refractivity contribution in [3.63, 3.8) is 0 Å². The molecule has 1 aromatic heterocycles. The number of nitrogens with one attached hydrogen (secondary N) is 2. The number of sulfonamides is 1. The van der Waals surface area contributed by atoms with E-state index in [1.54, 1.807) is 12.1 Å². The molecular weight excluding hydrogens is 560 g/mol. The molecule has 12 heteroatoms. The normalized spacial score (nSPS) is 17.1.